The lowest BCUT2D eigenvalue weighted by molar-refractivity contribution is -0.0504. The number of nitrogens with one attached hydrogen (secondary N) is 2. The number of halogens is 2. The van der Waals surface area contributed by atoms with E-state index in [1.807, 2.05) is 19.9 Å². The molecule has 2 N–H and O–H groups in total. The number of guanidine groups is 1. The Bertz CT molecular complexity index is 498. The minimum absolute atomic E-state index is 0.174. The number of aryl methyl sites for hydroxylation is 1. The summed E-state index contributed by atoms with van der Waals surface area (Å²) in [5.41, 5.74) is 1.63. The molecule has 0 saturated heterocycles. The van der Waals surface area contributed by atoms with E-state index in [-0.39, 0.29) is 12.3 Å². The van der Waals surface area contributed by atoms with Crippen LogP contribution in [0.5, 0.6) is 5.75 Å². The number of nitrogens with zero attached hydrogens (tertiary/aromatic N) is 1. The van der Waals surface area contributed by atoms with Crippen LogP contribution in [0.15, 0.2) is 23.2 Å². The number of rotatable bonds is 9. The summed E-state index contributed by atoms with van der Waals surface area (Å²) >= 11 is 1.80. The van der Waals surface area contributed by atoms with Gasteiger partial charge in [0.15, 0.2) is 5.96 Å². The summed E-state index contributed by atoms with van der Waals surface area (Å²) in [4.78, 5) is 4.45. The lowest BCUT2D eigenvalue weighted by atomic mass is 10.1. The Balaban J connectivity index is 2.75. The first-order valence-electron chi connectivity index (χ1n) is 7.62. The average Bonchev–Trinajstić information content (AvgIpc) is 2.51. The first-order chi connectivity index (χ1) is 11.1. The number of hydrogen-bond donors (Lipinski definition) is 2. The molecule has 1 rings (SSSR count). The third-order valence-electron chi connectivity index (χ3n) is 3.00. The van der Waals surface area contributed by atoms with Gasteiger partial charge < -0.3 is 15.4 Å². The zero-order chi connectivity index (χ0) is 17.1. The molecule has 7 heteroatoms. The number of benzene rings is 1. The van der Waals surface area contributed by atoms with Crippen molar-refractivity contribution in [2.24, 2.45) is 4.99 Å². The van der Waals surface area contributed by atoms with E-state index in [0.29, 0.717) is 11.5 Å². The summed E-state index contributed by atoms with van der Waals surface area (Å²) in [7, 11) is 0. The SMILES string of the molecule is CCNC(=NCc1cc(C)ccc1OC(F)F)NCCCSC. The van der Waals surface area contributed by atoms with Crippen molar-refractivity contribution < 1.29 is 13.5 Å². The lowest BCUT2D eigenvalue weighted by Gasteiger charge is -2.13. The van der Waals surface area contributed by atoms with Crippen LogP contribution in [-0.4, -0.2) is 37.7 Å². The van der Waals surface area contributed by atoms with Crippen molar-refractivity contribution in [2.75, 3.05) is 25.1 Å². The van der Waals surface area contributed by atoms with E-state index in [1.54, 1.807) is 23.9 Å². The molecule has 0 amide bonds. The quantitative estimate of drug-likeness (QED) is 0.409. The molecule has 0 saturated carbocycles. The number of ether oxygens (including phenoxy) is 1. The maximum Gasteiger partial charge on any atom is 0.387 e. The van der Waals surface area contributed by atoms with Gasteiger partial charge >= 0.3 is 6.61 Å². The van der Waals surface area contributed by atoms with Gasteiger partial charge in [-0.25, -0.2) is 4.99 Å². The standard InChI is InChI=1S/C16H25F2N3OS/c1-4-19-16(20-8-5-9-23-3)21-11-13-10-12(2)6-7-14(13)22-15(17)18/h6-7,10,15H,4-5,8-9,11H2,1-3H3,(H2,19,20,21). The van der Waals surface area contributed by atoms with Crippen LogP contribution in [-0.2, 0) is 6.54 Å². The fourth-order valence-corrected chi connectivity index (χ4v) is 2.41. The van der Waals surface area contributed by atoms with Gasteiger partial charge in [0, 0.05) is 18.7 Å². The summed E-state index contributed by atoms with van der Waals surface area (Å²) in [6, 6.07) is 5.13. The number of hydrogen-bond acceptors (Lipinski definition) is 3. The van der Waals surface area contributed by atoms with Crippen LogP contribution in [0.1, 0.15) is 24.5 Å². The maximum absolute atomic E-state index is 12.5. The maximum atomic E-state index is 12.5. The van der Waals surface area contributed by atoms with Gasteiger partial charge in [0.1, 0.15) is 5.75 Å². The van der Waals surface area contributed by atoms with Crippen molar-refractivity contribution in [3.8, 4) is 5.75 Å². The summed E-state index contributed by atoms with van der Waals surface area (Å²) < 4.78 is 29.5. The van der Waals surface area contributed by atoms with Crippen LogP contribution in [0.25, 0.3) is 0 Å². The molecule has 0 aliphatic heterocycles. The predicted octanol–water partition coefficient (Wildman–Crippen LogP) is 3.40. The molecule has 0 fully saturated rings. The van der Waals surface area contributed by atoms with Crippen LogP contribution < -0.4 is 15.4 Å². The lowest BCUT2D eigenvalue weighted by Crippen LogP contribution is -2.37. The Morgan fingerprint density at radius 2 is 2.13 bits per heavy atom. The fraction of sp³-hybridized carbons (Fsp3) is 0.562. The molecule has 0 atom stereocenters. The molecule has 0 heterocycles. The Labute approximate surface area is 141 Å². The van der Waals surface area contributed by atoms with Crippen molar-refractivity contribution in [1.82, 2.24) is 10.6 Å². The fourth-order valence-electron chi connectivity index (χ4n) is 1.97. The summed E-state index contributed by atoms with van der Waals surface area (Å²) in [5.74, 6) is 1.93. The predicted molar refractivity (Wildman–Crippen MR) is 93.6 cm³/mol. The second-order valence-electron chi connectivity index (χ2n) is 4.96. The van der Waals surface area contributed by atoms with Gasteiger partial charge in [0.2, 0.25) is 0 Å². The molecule has 0 unspecified atom stereocenters. The molecule has 0 aromatic heterocycles. The molecular formula is C16H25F2N3OS. The van der Waals surface area contributed by atoms with Crippen LogP contribution in [0.4, 0.5) is 8.78 Å². The normalized spacial score (nSPS) is 11.7. The molecule has 4 nitrogen and oxygen atoms in total. The minimum Gasteiger partial charge on any atom is -0.434 e. The van der Waals surface area contributed by atoms with Crippen LogP contribution >= 0.6 is 11.8 Å². The smallest absolute Gasteiger partial charge is 0.387 e. The first-order valence-corrected chi connectivity index (χ1v) is 9.01. The van der Waals surface area contributed by atoms with Gasteiger partial charge in [0.05, 0.1) is 6.54 Å². The number of aliphatic imine (C=N–C) groups is 1. The highest BCUT2D eigenvalue weighted by molar-refractivity contribution is 7.98. The second kappa shape index (κ2) is 11.1. The van der Waals surface area contributed by atoms with Gasteiger partial charge in [-0.2, -0.15) is 20.5 Å². The van der Waals surface area contributed by atoms with E-state index in [9.17, 15) is 8.78 Å². The third-order valence-corrected chi connectivity index (χ3v) is 3.70. The topological polar surface area (TPSA) is 45.7 Å². The minimum atomic E-state index is -2.83. The van der Waals surface area contributed by atoms with Crippen molar-refractivity contribution in [2.45, 2.75) is 33.4 Å². The molecule has 1 aromatic rings. The van der Waals surface area contributed by atoms with Gasteiger partial charge in [-0.05, 0) is 38.3 Å². The third kappa shape index (κ3) is 8.06. The number of alkyl halides is 2. The molecule has 0 aliphatic rings. The second-order valence-corrected chi connectivity index (χ2v) is 5.94. The van der Waals surface area contributed by atoms with Crippen molar-refractivity contribution >= 4 is 17.7 Å². The molecule has 0 aliphatic carbocycles. The first kappa shape index (κ1) is 19.5. The zero-order valence-electron chi connectivity index (χ0n) is 13.9. The van der Waals surface area contributed by atoms with Crippen molar-refractivity contribution in [1.29, 1.82) is 0 Å². The van der Waals surface area contributed by atoms with E-state index >= 15 is 0 Å². The van der Waals surface area contributed by atoms with Crippen LogP contribution in [0.2, 0.25) is 0 Å². The molecule has 130 valence electrons. The van der Waals surface area contributed by atoms with Crippen LogP contribution in [0.3, 0.4) is 0 Å². The Morgan fingerprint density at radius 3 is 2.78 bits per heavy atom. The van der Waals surface area contributed by atoms with Gasteiger partial charge in [-0.3, -0.25) is 0 Å². The summed E-state index contributed by atoms with van der Waals surface area (Å²) in [6.07, 6.45) is 3.11. The Morgan fingerprint density at radius 1 is 1.35 bits per heavy atom. The summed E-state index contributed by atoms with van der Waals surface area (Å²) in [5, 5.41) is 6.38. The molecule has 0 spiro atoms. The van der Waals surface area contributed by atoms with E-state index < -0.39 is 6.61 Å². The highest BCUT2D eigenvalue weighted by atomic mass is 32.2. The Hall–Kier alpha value is -1.50. The van der Waals surface area contributed by atoms with Crippen LogP contribution in [0, 0.1) is 6.92 Å². The van der Waals surface area contributed by atoms with Gasteiger partial charge in [-0.15, -0.1) is 0 Å². The Kier molecular flexibility index (Phi) is 9.43. The van der Waals surface area contributed by atoms with E-state index in [2.05, 4.69) is 26.6 Å². The van der Waals surface area contributed by atoms with Gasteiger partial charge in [-0.1, -0.05) is 17.7 Å². The van der Waals surface area contributed by atoms with E-state index in [1.165, 1.54) is 0 Å². The molecule has 23 heavy (non-hydrogen) atoms. The molecule has 0 radical (unpaired) electrons. The zero-order valence-corrected chi connectivity index (χ0v) is 14.7. The van der Waals surface area contributed by atoms with Crippen molar-refractivity contribution in [3.05, 3.63) is 29.3 Å². The highest BCUT2D eigenvalue weighted by Gasteiger charge is 2.10. The van der Waals surface area contributed by atoms with E-state index in [4.69, 9.17) is 0 Å². The molecule has 0 bridgehead atoms. The van der Waals surface area contributed by atoms with Crippen molar-refractivity contribution in [3.63, 3.8) is 0 Å². The highest BCUT2D eigenvalue weighted by Crippen LogP contribution is 2.22. The van der Waals surface area contributed by atoms with Gasteiger partial charge in [0.25, 0.3) is 0 Å². The summed E-state index contributed by atoms with van der Waals surface area (Å²) in [6.45, 7) is 2.89. The number of thioether (sulfide) groups is 1. The largest absolute Gasteiger partial charge is 0.434 e. The molecule has 1 aromatic carbocycles. The molecular weight excluding hydrogens is 320 g/mol. The average molecular weight is 345 g/mol. The van der Waals surface area contributed by atoms with E-state index in [0.717, 1.165) is 30.8 Å². The monoisotopic (exact) mass is 345 g/mol.